The van der Waals surface area contributed by atoms with Crippen molar-refractivity contribution < 1.29 is 18.4 Å². The summed E-state index contributed by atoms with van der Waals surface area (Å²) in [7, 11) is 0. The van der Waals surface area contributed by atoms with Gasteiger partial charge in [0.2, 0.25) is 0 Å². The Bertz CT molecular complexity index is 1400. The molecular weight excluding hydrogens is 474 g/mol. The van der Waals surface area contributed by atoms with E-state index < -0.39 is 12.0 Å². The Morgan fingerprint density at radius 2 is 1.76 bits per heavy atom. The number of likely N-dealkylation sites (tertiary alicyclic amines) is 1. The maximum absolute atomic E-state index is 13.6. The molecule has 5 rings (SSSR count). The molecule has 6 nitrogen and oxygen atoms in total. The Labute approximate surface area is 214 Å². The first kappa shape index (κ1) is 24.9. The Hall–Kier alpha value is -3.80. The maximum atomic E-state index is 13.6. The normalized spacial score (nSPS) is 16.2. The predicted molar refractivity (Wildman–Crippen MR) is 136 cm³/mol. The minimum atomic E-state index is -2.58. The van der Waals surface area contributed by atoms with Gasteiger partial charge >= 0.3 is 0 Å². The third-order valence-corrected chi connectivity index (χ3v) is 6.37. The Kier molecular flexibility index (Phi) is 7.17. The zero-order chi connectivity index (χ0) is 25.8. The molecule has 1 N–H and O–H groups in total. The number of aliphatic hydroxyl groups excluding tert-OH is 1. The van der Waals surface area contributed by atoms with Crippen LogP contribution in [0.5, 0.6) is 0 Å². The first-order chi connectivity index (χ1) is 17.8. The van der Waals surface area contributed by atoms with Crippen molar-refractivity contribution in [2.24, 2.45) is 0 Å². The van der Waals surface area contributed by atoms with Gasteiger partial charge < -0.3 is 14.2 Å². The maximum Gasteiger partial charge on any atom is 0.260 e. The Morgan fingerprint density at radius 1 is 1.05 bits per heavy atom. The molecule has 1 unspecified atom stereocenters. The second-order valence-electron chi connectivity index (χ2n) is 9.47. The van der Waals surface area contributed by atoms with Gasteiger partial charge in [-0.25, -0.2) is 13.8 Å². The summed E-state index contributed by atoms with van der Waals surface area (Å²) >= 11 is 0. The number of halogens is 2. The number of rotatable bonds is 6. The molecule has 0 aliphatic carbocycles. The second-order valence-corrected chi connectivity index (χ2v) is 9.47. The first-order valence-corrected chi connectivity index (χ1v) is 12.3. The average molecular weight is 503 g/mol. The Balaban J connectivity index is 1.19. The fourth-order valence-corrected chi connectivity index (χ4v) is 4.51. The predicted octanol–water partition coefficient (Wildman–Crippen LogP) is 5.27. The average Bonchev–Trinajstić information content (AvgIpc) is 3.54. The summed E-state index contributed by atoms with van der Waals surface area (Å²) in [6.07, 6.45) is 3.30. The molecule has 0 bridgehead atoms. The summed E-state index contributed by atoms with van der Waals surface area (Å²) < 4.78 is 34.6. The van der Waals surface area contributed by atoms with E-state index in [1.54, 1.807) is 19.3 Å². The highest BCUT2D eigenvalue weighted by Gasteiger charge is 2.34. The highest BCUT2D eigenvalue weighted by Crippen LogP contribution is 2.27. The molecule has 3 heterocycles. The van der Waals surface area contributed by atoms with Crippen LogP contribution in [0.25, 0.3) is 11.3 Å². The van der Waals surface area contributed by atoms with E-state index in [-0.39, 0.29) is 13.0 Å². The highest BCUT2D eigenvalue weighted by atomic mass is 19.3. The van der Waals surface area contributed by atoms with Crippen LogP contribution < -0.4 is 0 Å². The van der Waals surface area contributed by atoms with Crippen molar-refractivity contribution in [3.05, 3.63) is 95.2 Å². The van der Waals surface area contributed by atoms with E-state index in [1.807, 2.05) is 64.1 Å². The van der Waals surface area contributed by atoms with Gasteiger partial charge in [0.15, 0.2) is 5.76 Å². The van der Waals surface area contributed by atoms with Crippen LogP contribution in [0.15, 0.2) is 71.5 Å². The molecule has 1 aliphatic rings. The van der Waals surface area contributed by atoms with Gasteiger partial charge in [-0.3, -0.25) is 4.90 Å². The summed E-state index contributed by atoms with van der Waals surface area (Å²) in [5.74, 6) is 4.96. The molecule has 1 fully saturated rings. The van der Waals surface area contributed by atoms with Crippen LogP contribution in [0.4, 0.5) is 8.78 Å². The van der Waals surface area contributed by atoms with E-state index in [0.717, 1.165) is 27.9 Å². The molecule has 1 atom stereocenters. The molecule has 0 radical (unpaired) electrons. The molecule has 1 saturated heterocycles. The molecule has 8 heteroatoms. The van der Waals surface area contributed by atoms with Crippen molar-refractivity contribution in [2.45, 2.75) is 44.9 Å². The highest BCUT2D eigenvalue weighted by molar-refractivity contribution is 5.59. The lowest BCUT2D eigenvalue weighted by atomic mass is 10.1. The quantitative estimate of drug-likeness (QED) is 0.364. The van der Waals surface area contributed by atoms with Crippen LogP contribution in [0.3, 0.4) is 0 Å². The minimum absolute atomic E-state index is 0.0175. The van der Waals surface area contributed by atoms with Gasteiger partial charge in [-0.05, 0) is 61.9 Å². The number of imidazole rings is 1. The van der Waals surface area contributed by atoms with Crippen LogP contribution in [0, 0.1) is 11.8 Å². The monoisotopic (exact) mass is 502 g/mol. The van der Waals surface area contributed by atoms with Gasteiger partial charge in [-0.1, -0.05) is 29.1 Å². The largest absolute Gasteiger partial charge is 0.385 e. The zero-order valence-corrected chi connectivity index (χ0v) is 20.6. The van der Waals surface area contributed by atoms with E-state index in [1.165, 1.54) is 0 Å². The van der Waals surface area contributed by atoms with Crippen LogP contribution in [-0.4, -0.2) is 43.7 Å². The van der Waals surface area contributed by atoms with Gasteiger partial charge in [-0.2, -0.15) is 0 Å². The summed E-state index contributed by atoms with van der Waals surface area (Å²) in [4.78, 5) is 5.99. The summed E-state index contributed by atoms with van der Waals surface area (Å²) in [5, 5.41) is 14.0. The van der Waals surface area contributed by atoms with E-state index in [0.29, 0.717) is 37.6 Å². The first-order valence-electron chi connectivity index (χ1n) is 12.3. The fraction of sp³-hybridized carbons (Fsp3) is 0.310. The third-order valence-electron chi connectivity index (χ3n) is 6.37. The molecule has 37 heavy (non-hydrogen) atoms. The molecule has 0 amide bonds. The number of hydrogen-bond donors (Lipinski definition) is 1. The van der Waals surface area contributed by atoms with Crippen LogP contribution >= 0.6 is 0 Å². The van der Waals surface area contributed by atoms with Crippen molar-refractivity contribution in [2.75, 3.05) is 13.1 Å². The van der Waals surface area contributed by atoms with E-state index >= 15 is 0 Å². The standard InChI is InChI=1S/C29H28F2N4O2/c1-21(36)28-32-14-16-35(28)19-26-17-27(37-33-26)25-11-9-23(10-12-25)4-3-22-5-7-24(8-6-22)18-34-15-2-13-29(30,31)20-34/h5-12,14,16-17,21,36H,2,13,15,18-20H2,1H3. The molecule has 1 aliphatic heterocycles. The van der Waals surface area contributed by atoms with Gasteiger partial charge in [-0.15, -0.1) is 0 Å². The van der Waals surface area contributed by atoms with Crippen LogP contribution in [-0.2, 0) is 13.1 Å². The summed E-state index contributed by atoms with van der Waals surface area (Å²) in [6, 6.07) is 17.4. The van der Waals surface area contributed by atoms with Gasteiger partial charge in [0.1, 0.15) is 17.6 Å². The van der Waals surface area contributed by atoms with Crippen LogP contribution in [0.2, 0.25) is 0 Å². The number of aromatic nitrogens is 3. The van der Waals surface area contributed by atoms with E-state index in [9.17, 15) is 13.9 Å². The molecule has 4 aromatic rings. The lowest BCUT2D eigenvalue weighted by Crippen LogP contribution is -2.41. The third kappa shape index (κ3) is 6.31. The zero-order valence-electron chi connectivity index (χ0n) is 20.6. The summed E-state index contributed by atoms with van der Waals surface area (Å²) in [5.41, 5.74) is 4.36. The van der Waals surface area contributed by atoms with Crippen molar-refractivity contribution in [1.82, 2.24) is 19.6 Å². The molecule has 0 saturated carbocycles. The number of piperidine rings is 1. The second kappa shape index (κ2) is 10.7. The number of alkyl halides is 2. The fourth-order valence-electron chi connectivity index (χ4n) is 4.51. The lowest BCUT2D eigenvalue weighted by Gasteiger charge is -2.32. The molecular formula is C29H28F2N4O2. The van der Waals surface area contributed by atoms with Crippen LogP contribution in [0.1, 0.15) is 54.1 Å². The number of benzene rings is 2. The van der Waals surface area contributed by atoms with Crippen molar-refractivity contribution in [1.29, 1.82) is 0 Å². The van der Waals surface area contributed by atoms with E-state index in [4.69, 9.17) is 4.52 Å². The Morgan fingerprint density at radius 3 is 2.43 bits per heavy atom. The smallest absolute Gasteiger partial charge is 0.260 e. The molecule has 2 aromatic carbocycles. The topological polar surface area (TPSA) is 67.3 Å². The minimum Gasteiger partial charge on any atom is -0.385 e. The van der Waals surface area contributed by atoms with Crippen molar-refractivity contribution in [3.63, 3.8) is 0 Å². The number of nitrogens with zero attached hydrogens (tertiary/aromatic N) is 4. The molecule has 2 aromatic heterocycles. The molecule has 190 valence electrons. The molecule has 0 spiro atoms. The number of aliphatic hydroxyl groups is 1. The van der Waals surface area contributed by atoms with Gasteiger partial charge in [0.25, 0.3) is 5.92 Å². The van der Waals surface area contributed by atoms with Crippen molar-refractivity contribution >= 4 is 0 Å². The van der Waals surface area contributed by atoms with Gasteiger partial charge in [0, 0.05) is 48.1 Å². The van der Waals surface area contributed by atoms with E-state index in [2.05, 4.69) is 22.0 Å². The van der Waals surface area contributed by atoms with Gasteiger partial charge in [0.05, 0.1) is 13.1 Å². The SMILES string of the molecule is CC(O)c1nccn1Cc1cc(-c2ccc(C#Cc3ccc(CN4CCCC(F)(F)C4)cc3)cc2)on1. The van der Waals surface area contributed by atoms with Crippen molar-refractivity contribution in [3.8, 4) is 23.2 Å². The number of hydrogen-bond acceptors (Lipinski definition) is 5. The summed E-state index contributed by atoms with van der Waals surface area (Å²) in [6.45, 7) is 3.19. The lowest BCUT2D eigenvalue weighted by molar-refractivity contribution is -0.0661.